The molecule has 0 fully saturated rings. The third kappa shape index (κ3) is 2.79. The fourth-order valence-electron chi connectivity index (χ4n) is 3.10. The Morgan fingerprint density at radius 2 is 1.77 bits per heavy atom. The van der Waals surface area contributed by atoms with E-state index in [1.807, 2.05) is 0 Å². The van der Waals surface area contributed by atoms with E-state index in [2.05, 4.69) is 0 Å². The third-order valence-corrected chi connectivity index (χ3v) is 4.40. The molecule has 0 spiro atoms. The van der Waals surface area contributed by atoms with Crippen LogP contribution in [0.25, 0.3) is 0 Å². The van der Waals surface area contributed by atoms with Crippen molar-refractivity contribution in [3.8, 4) is 11.5 Å². The Balaban J connectivity index is 2.18. The number of nitrogens with zero attached hydrogens (tertiary/aromatic N) is 1. The van der Waals surface area contributed by atoms with Gasteiger partial charge in [0.15, 0.2) is 11.5 Å². The second kappa shape index (κ2) is 6.92. The highest BCUT2D eigenvalue weighted by Crippen LogP contribution is 2.44. The predicted molar refractivity (Wildman–Crippen MR) is 96.3 cm³/mol. The van der Waals surface area contributed by atoms with Crippen molar-refractivity contribution >= 4 is 17.4 Å². The van der Waals surface area contributed by atoms with Gasteiger partial charge in [0.25, 0.3) is 5.91 Å². The van der Waals surface area contributed by atoms with Crippen LogP contribution in [0.4, 0.5) is 5.69 Å². The van der Waals surface area contributed by atoms with E-state index >= 15 is 0 Å². The number of carbonyl (C=O) groups is 2. The highest BCUT2D eigenvalue weighted by Gasteiger charge is 2.44. The summed E-state index contributed by atoms with van der Waals surface area (Å²) in [6.07, 6.45) is 0.147. The van der Waals surface area contributed by atoms with E-state index in [1.165, 1.54) is 11.0 Å². The topological polar surface area (TPSA) is 87.1 Å². The van der Waals surface area contributed by atoms with Crippen molar-refractivity contribution in [2.24, 2.45) is 0 Å². The molecule has 1 atom stereocenters. The molecule has 0 radical (unpaired) electrons. The van der Waals surface area contributed by atoms with Crippen molar-refractivity contribution in [3.63, 3.8) is 0 Å². The van der Waals surface area contributed by atoms with Crippen LogP contribution in [0, 0.1) is 0 Å². The number of amides is 1. The summed E-state index contributed by atoms with van der Waals surface area (Å²) in [6.45, 7) is 1.67. The average molecular weight is 353 g/mol. The number of hydrogen-bond acceptors (Lipinski definition) is 5. The molecule has 26 heavy (non-hydrogen) atoms. The number of rotatable bonds is 5. The first-order chi connectivity index (χ1) is 12.5. The highest BCUT2D eigenvalue weighted by molar-refractivity contribution is 6.16. The van der Waals surface area contributed by atoms with Gasteiger partial charge in [-0.2, -0.15) is 0 Å². The van der Waals surface area contributed by atoms with Crippen LogP contribution < -0.4 is 9.64 Å². The molecule has 6 nitrogen and oxygen atoms in total. The van der Waals surface area contributed by atoms with E-state index in [-0.39, 0.29) is 29.2 Å². The second-order valence-electron chi connectivity index (χ2n) is 5.88. The minimum absolute atomic E-state index is 0.0333. The first-order valence-corrected chi connectivity index (χ1v) is 8.21. The Labute approximate surface area is 150 Å². The maximum atomic E-state index is 12.7. The summed E-state index contributed by atoms with van der Waals surface area (Å²) in [5.74, 6) is -1.11. The lowest BCUT2D eigenvalue weighted by atomic mass is 9.94. The van der Waals surface area contributed by atoms with E-state index in [4.69, 9.17) is 4.74 Å². The zero-order valence-electron chi connectivity index (χ0n) is 14.5. The number of carbonyl (C=O) groups excluding carboxylic acids is 2. The number of aliphatic hydroxyl groups excluding tert-OH is 1. The molecule has 0 saturated heterocycles. The molecule has 134 valence electrons. The van der Waals surface area contributed by atoms with Crippen molar-refractivity contribution in [3.05, 3.63) is 65.4 Å². The van der Waals surface area contributed by atoms with Crippen LogP contribution in [0.3, 0.4) is 0 Å². The van der Waals surface area contributed by atoms with E-state index in [0.717, 1.165) is 0 Å². The van der Waals surface area contributed by atoms with Crippen LogP contribution in [0.5, 0.6) is 11.5 Å². The molecule has 1 unspecified atom stereocenters. The number of methoxy groups -OCH3 is 1. The van der Waals surface area contributed by atoms with Gasteiger partial charge in [0, 0.05) is 6.42 Å². The lowest BCUT2D eigenvalue weighted by Gasteiger charge is -2.27. The minimum Gasteiger partial charge on any atom is -0.506 e. The lowest BCUT2D eigenvalue weighted by molar-refractivity contribution is -0.118. The van der Waals surface area contributed by atoms with Gasteiger partial charge in [0.2, 0.25) is 0 Å². The number of phenols is 1. The summed E-state index contributed by atoms with van der Waals surface area (Å²) in [5, 5.41) is 20.6. The second-order valence-corrected chi connectivity index (χ2v) is 5.88. The van der Waals surface area contributed by atoms with Crippen LogP contribution in [-0.4, -0.2) is 29.0 Å². The molecule has 6 heteroatoms. The summed E-state index contributed by atoms with van der Waals surface area (Å²) < 4.78 is 5.15. The number of benzene rings is 2. The Morgan fingerprint density at radius 3 is 2.35 bits per heavy atom. The summed E-state index contributed by atoms with van der Waals surface area (Å²) >= 11 is 0. The van der Waals surface area contributed by atoms with E-state index < -0.39 is 17.7 Å². The Morgan fingerprint density at radius 1 is 1.12 bits per heavy atom. The smallest absolute Gasteiger partial charge is 0.294 e. The molecule has 2 N–H and O–H groups in total. The van der Waals surface area contributed by atoms with Crippen molar-refractivity contribution in [1.29, 1.82) is 0 Å². The maximum Gasteiger partial charge on any atom is 0.294 e. The predicted octanol–water partition coefficient (Wildman–Crippen LogP) is 3.28. The molecule has 0 bridgehead atoms. The number of aliphatic hydroxyl groups is 1. The average Bonchev–Trinajstić information content (AvgIpc) is 2.93. The van der Waals surface area contributed by atoms with Gasteiger partial charge in [-0.15, -0.1) is 0 Å². The van der Waals surface area contributed by atoms with Gasteiger partial charge in [-0.25, -0.2) is 0 Å². The molecule has 1 heterocycles. The van der Waals surface area contributed by atoms with Gasteiger partial charge in [-0.05, 0) is 29.8 Å². The molecule has 1 amide bonds. The summed E-state index contributed by atoms with van der Waals surface area (Å²) in [4.78, 5) is 26.4. The number of ketones is 1. The Kier molecular flexibility index (Phi) is 4.67. The van der Waals surface area contributed by atoms with Crippen molar-refractivity contribution in [2.45, 2.75) is 19.4 Å². The van der Waals surface area contributed by atoms with Gasteiger partial charge in [0.05, 0.1) is 24.4 Å². The van der Waals surface area contributed by atoms with Gasteiger partial charge in [-0.3, -0.25) is 14.5 Å². The number of Topliss-reactive ketones (excluding diaryl/α,β-unsaturated/α-hetero) is 1. The maximum absolute atomic E-state index is 12.7. The first kappa shape index (κ1) is 17.5. The Hall–Kier alpha value is -3.28. The fraction of sp³-hybridized carbons (Fsp3) is 0.200. The largest absolute Gasteiger partial charge is 0.506 e. The van der Waals surface area contributed by atoms with Crippen LogP contribution in [-0.2, 0) is 9.59 Å². The van der Waals surface area contributed by atoms with Gasteiger partial charge >= 0.3 is 0 Å². The van der Waals surface area contributed by atoms with Crippen molar-refractivity contribution in [2.75, 3.05) is 12.0 Å². The normalized spacial score (nSPS) is 16.9. The Bertz CT molecular complexity index is 885. The number of para-hydroxylation sites is 2. The molecule has 1 aliphatic rings. The number of anilines is 1. The summed E-state index contributed by atoms with van der Waals surface area (Å²) in [6, 6.07) is 12.4. The first-order valence-electron chi connectivity index (χ1n) is 8.21. The standard InChI is InChI=1S/C20H19NO5/c1-3-15(22)17-18(12-8-10-13(26-2)11-9-12)21(20(25)19(17)24)14-6-4-5-7-16(14)23/h4-11,18,23-24H,3H2,1-2H3. The SMILES string of the molecule is CCC(=O)C1=C(O)C(=O)N(c2ccccc2O)C1c1ccc(OC)cc1. The molecular formula is C20H19NO5. The van der Waals surface area contributed by atoms with Gasteiger partial charge in [0.1, 0.15) is 11.5 Å². The molecule has 3 rings (SSSR count). The fourth-order valence-corrected chi connectivity index (χ4v) is 3.10. The van der Waals surface area contributed by atoms with Gasteiger partial charge < -0.3 is 14.9 Å². The highest BCUT2D eigenvalue weighted by atomic mass is 16.5. The van der Waals surface area contributed by atoms with E-state index in [0.29, 0.717) is 11.3 Å². The quantitative estimate of drug-likeness (QED) is 0.861. The minimum atomic E-state index is -0.825. The number of phenolic OH excluding ortho intramolecular Hbond substituents is 1. The van der Waals surface area contributed by atoms with E-state index in [9.17, 15) is 19.8 Å². The lowest BCUT2D eigenvalue weighted by Crippen LogP contribution is -2.31. The number of hydrogen-bond donors (Lipinski definition) is 2. The van der Waals surface area contributed by atoms with Crippen LogP contribution >= 0.6 is 0 Å². The monoisotopic (exact) mass is 353 g/mol. The molecular weight excluding hydrogens is 334 g/mol. The van der Waals surface area contributed by atoms with Crippen LogP contribution in [0.1, 0.15) is 24.9 Å². The van der Waals surface area contributed by atoms with Gasteiger partial charge in [-0.1, -0.05) is 31.2 Å². The van der Waals surface area contributed by atoms with Crippen LogP contribution in [0.15, 0.2) is 59.9 Å². The van der Waals surface area contributed by atoms with Crippen LogP contribution in [0.2, 0.25) is 0 Å². The van der Waals surface area contributed by atoms with E-state index in [1.54, 1.807) is 56.5 Å². The zero-order valence-corrected chi connectivity index (χ0v) is 14.5. The molecule has 1 aliphatic heterocycles. The number of ether oxygens (including phenoxy) is 1. The third-order valence-electron chi connectivity index (χ3n) is 4.40. The molecule has 0 aromatic heterocycles. The molecule has 2 aromatic carbocycles. The summed E-state index contributed by atoms with van der Waals surface area (Å²) in [5.41, 5.74) is 0.887. The van der Waals surface area contributed by atoms with Crippen molar-refractivity contribution < 1.29 is 24.5 Å². The molecule has 0 saturated carbocycles. The van der Waals surface area contributed by atoms with Crippen molar-refractivity contribution in [1.82, 2.24) is 0 Å². The number of aromatic hydroxyl groups is 1. The molecule has 2 aromatic rings. The molecule has 0 aliphatic carbocycles. The summed E-state index contributed by atoms with van der Waals surface area (Å²) in [7, 11) is 1.54. The zero-order chi connectivity index (χ0) is 18.8.